The highest BCUT2D eigenvalue weighted by molar-refractivity contribution is 5.17. The predicted octanol–water partition coefficient (Wildman–Crippen LogP) is 4.49. The number of nitrogens with one attached hydrogen (secondary N) is 1. The molecule has 0 spiro atoms. The van der Waals surface area contributed by atoms with Gasteiger partial charge in [0.05, 0.1) is 18.6 Å². The third-order valence-electron chi connectivity index (χ3n) is 5.58. The van der Waals surface area contributed by atoms with Crippen LogP contribution in [0.3, 0.4) is 0 Å². The highest BCUT2D eigenvalue weighted by atomic mass is 15.3. The van der Waals surface area contributed by atoms with E-state index in [1.807, 2.05) is 24.8 Å². The van der Waals surface area contributed by atoms with Crippen molar-refractivity contribution >= 4 is 0 Å². The van der Waals surface area contributed by atoms with E-state index < -0.39 is 0 Å². The molecule has 0 radical (unpaired) electrons. The summed E-state index contributed by atoms with van der Waals surface area (Å²) in [4.78, 5) is 0. The number of aromatic amines is 1. The zero-order valence-electron chi connectivity index (χ0n) is 17.2. The molecular formula is C21H32N6. The Morgan fingerprint density at radius 2 is 1.70 bits per heavy atom. The van der Waals surface area contributed by atoms with E-state index in [1.165, 1.54) is 16.7 Å². The van der Waals surface area contributed by atoms with Gasteiger partial charge in [0.1, 0.15) is 0 Å². The van der Waals surface area contributed by atoms with Crippen molar-refractivity contribution in [3.05, 3.63) is 53.9 Å². The van der Waals surface area contributed by atoms with E-state index in [0.29, 0.717) is 11.8 Å². The van der Waals surface area contributed by atoms with E-state index in [-0.39, 0.29) is 5.41 Å². The number of nitrogens with zero attached hydrogens (tertiary/aromatic N) is 5. The van der Waals surface area contributed by atoms with Gasteiger partial charge in [-0.3, -0.25) is 14.5 Å². The van der Waals surface area contributed by atoms with Gasteiger partial charge in [-0.1, -0.05) is 34.6 Å². The predicted molar refractivity (Wildman–Crippen MR) is 108 cm³/mol. The van der Waals surface area contributed by atoms with Gasteiger partial charge < -0.3 is 0 Å². The summed E-state index contributed by atoms with van der Waals surface area (Å²) in [5.74, 6) is 0.994. The summed E-state index contributed by atoms with van der Waals surface area (Å²) in [6.45, 7) is 13.0. The summed E-state index contributed by atoms with van der Waals surface area (Å²) >= 11 is 0. The maximum atomic E-state index is 4.59. The lowest BCUT2D eigenvalue weighted by molar-refractivity contribution is 0.420. The van der Waals surface area contributed by atoms with Crippen LogP contribution in [0.25, 0.3) is 0 Å². The van der Waals surface area contributed by atoms with Crippen molar-refractivity contribution in [1.82, 2.24) is 29.8 Å². The van der Waals surface area contributed by atoms with Gasteiger partial charge in [-0.25, -0.2) is 0 Å². The fourth-order valence-electron chi connectivity index (χ4n) is 3.20. The van der Waals surface area contributed by atoms with Crippen LogP contribution in [0.15, 0.2) is 37.2 Å². The monoisotopic (exact) mass is 368 g/mol. The average molecular weight is 369 g/mol. The zero-order valence-corrected chi connectivity index (χ0v) is 17.2. The molecule has 6 nitrogen and oxygen atoms in total. The summed E-state index contributed by atoms with van der Waals surface area (Å²) in [6.07, 6.45) is 14.3. The molecule has 1 atom stereocenters. The molecule has 146 valence electrons. The van der Waals surface area contributed by atoms with Crippen LogP contribution in [0, 0.1) is 0 Å². The molecule has 27 heavy (non-hydrogen) atoms. The third-order valence-corrected chi connectivity index (χ3v) is 5.58. The number of hydrogen-bond donors (Lipinski definition) is 1. The highest BCUT2D eigenvalue weighted by Crippen LogP contribution is 2.28. The smallest absolute Gasteiger partial charge is 0.0527 e. The fraction of sp³-hybridized carbons (Fsp3) is 0.571. The number of aryl methyl sites for hydroxylation is 2. The van der Waals surface area contributed by atoms with Crippen LogP contribution in [0.4, 0.5) is 0 Å². The van der Waals surface area contributed by atoms with Gasteiger partial charge in [-0.2, -0.15) is 15.3 Å². The first-order valence-electron chi connectivity index (χ1n) is 9.89. The minimum Gasteiger partial charge on any atom is -0.285 e. The molecule has 0 amide bonds. The topological polar surface area (TPSA) is 64.3 Å². The number of hydrogen-bond acceptors (Lipinski definition) is 3. The Morgan fingerprint density at radius 1 is 0.963 bits per heavy atom. The van der Waals surface area contributed by atoms with Gasteiger partial charge >= 0.3 is 0 Å². The van der Waals surface area contributed by atoms with Gasteiger partial charge in [-0.15, -0.1) is 0 Å². The molecular weight excluding hydrogens is 336 g/mol. The summed E-state index contributed by atoms with van der Waals surface area (Å²) in [7, 11) is 0. The van der Waals surface area contributed by atoms with E-state index in [1.54, 1.807) is 0 Å². The second-order valence-electron chi connectivity index (χ2n) is 8.54. The molecule has 0 aromatic carbocycles. The van der Waals surface area contributed by atoms with Crippen LogP contribution in [-0.4, -0.2) is 29.8 Å². The van der Waals surface area contributed by atoms with Gasteiger partial charge in [0.15, 0.2) is 0 Å². The first kappa shape index (κ1) is 19.4. The standard InChI is InChI=1S/C21H32N6/c1-16(2)19-12-24-27(14-19)9-7-21(4,5)20-13-25-26(15-20)8-6-17(3)18-10-22-23-11-18/h10-17H,6-9H2,1-5H3,(H,22,23). The van der Waals surface area contributed by atoms with E-state index in [4.69, 9.17) is 0 Å². The molecule has 0 aliphatic carbocycles. The molecule has 3 aromatic rings. The van der Waals surface area contributed by atoms with Crippen LogP contribution in [-0.2, 0) is 18.5 Å². The molecule has 0 bridgehead atoms. The van der Waals surface area contributed by atoms with Crippen molar-refractivity contribution < 1.29 is 0 Å². The second kappa shape index (κ2) is 8.11. The maximum Gasteiger partial charge on any atom is 0.0527 e. The Balaban J connectivity index is 1.55. The second-order valence-corrected chi connectivity index (χ2v) is 8.54. The summed E-state index contributed by atoms with van der Waals surface area (Å²) in [5.41, 5.74) is 3.91. The van der Waals surface area contributed by atoms with Gasteiger partial charge in [0, 0.05) is 31.7 Å². The lowest BCUT2D eigenvalue weighted by atomic mass is 9.83. The van der Waals surface area contributed by atoms with Crippen LogP contribution in [0.5, 0.6) is 0 Å². The average Bonchev–Trinajstić information content (AvgIpc) is 3.39. The zero-order chi connectivity index (χ0) is 19.4. The van der Waals surface area contributed by atoms with E-state index in [0.717, 1.165) is 25.9 Å². The van der Waals surface area contributed by atoms with Crippen molar-refractivity contribution in [3.8, 4) is 0 Å². The van der Waals surface area contributed by atoms with E-state index in [2.05, 4.69) is 76.8 Å². The molecule has 0 fully saturated rings. The summed E-state index contributed by atoms with van der Waals surface area (Å²) in [6, 6.07) is 0. The van der Waals surface area contributed by atoms with E-state index >= 15 is 0 Å². The minimum absolute atomic E-state index is 0.0678. The molecule has 1 unspecified atom stereocenters. The molecule has 0 aliphatic rings. The number of aromatic nitrogens is 6. The van der Waals surface area contributed by atoms with Crippen molar-refractivity contribution in [1.29, 1.82) is 0 Å². The molecule has 0 aliphatic heterocycles. The van der Waals surface area contributed by atoms with Crippen LogP contribution >= 0.6 is 0 Å². The Kier molecular flexibility index (Phi) is 5.82. The van der Waals surface area contributed by atoms with Crippen molar-refractivity contribution in [2.75, 3.05) is 0 Å². The lowest BCUT2D eigenvalue weighted by Gasteiger charge is -2.23. The Bertz CT molecular complexity index is 825. The van der Waals surface area contributed by atoms with Gasteiger partial charge in [-0.05, 0) is 46.8 Å². The number of H-pyrrole nitrogens is 1. The first-order chi connectivity index (χ1) is 12.8. The third kappa shape index (κ3) is 4.87. The highest BCUT2D eigenvalue weighted by Gasteiger charge is 2.22. The number of rotatable bonds is 9. The Morgan fingerprint density at radius 3 is 2.37 bits per heavy atom. The molecule has 3 heterocycles. The van der Waals surface area contributed by atoms with Crippen molar-refractivity contribution in [3.63, 3.8) is 0 Å². The molecule has 6 heteroatoms. The Labute approximate surface area is 162 Å². The van der Waals surface area contributed by atoms with Gasteiger partial charge in [0.2, 0.25) is 0 Å². The SMILES string of the molecule is CC(C)c1cnn(CCC(C)(C)c2cnn(CCC(C)c3cn[nH]c3)c2)c1. The maximum absolute atomic E-state index is 4.59. The summed E-state index contributed by atoms with van der Waals surface area (Å²) in [5, 5.41) is 16.0. The normalized spacial score (nSPS) is 13.4. The largest absolute Gasteiger partial charge is 0.285 e. The minimum atomic E-state index is 0.0678. The molecule has 0 saturated carbocycles. The van der Waals surface area contributed by atoms with Crippen LogP contribution < -0.4 is 0 Å². The fourth-order valence-corrected chi connectivity index (χ4v) is 3.20. The molecule has 1 N–H and O–H groups in total. The van der Waals surface area contributed by atoms with Crippen LogP contribution in [0.2, 0.25) is 0 Å². The van der Waals surface area contributed by atoms with E-state index in [9.17, 15) is 0 Å². The molecule has 3 aromatic heterocycles. The Hall–Kier alpha value is -2.37. The van der Waals surface area contributed by atoms with Crippen molar-refractivity contribution in [2.45, 2.75) is 77.8 Å². The van der Waals surface area contributed by atoms with Crippen molar-refractivity contribution in [2.24, 2.45) is 0 Å². The van der Waals surface area contributed by atoms with Gasteiger partial charge in [0.25, 0.3) is 0 Å². The van der Waals surface area contributed by atoms with Crippen LogP contribution in [0.1, 0.15) is 76.0 Å². The summed E-state index contributed by atoms with van der Waals surface area (Å²) < 4.78 is 4.13. The molecule has 0 saturated heterocycles. The molecule has 3 rings (SSSR count). The first-order valence-corrected chi connectivity index (χ1v) is 9.89. The lowest BCUT2D eigenvalue weighted by Crippen LogP contribution is -2.19. The quantitative estimate of drug-likeness (QED) is 0.605.